The van der Waals surface area contributed by atoms with Crippen LogP contribution >= 0.6 is 11.6 Å². The van der Waals surface area contributed by atoms with Crippen LogP contribution < -0.4 is 15.2 Å². The normalized spacial score (nSPS) is 16.1. The number of hydrogen-bond acceptors (Lipinski definition) is 4. The minimum absolute atomic E-state index is 0.106. The molecule has 1 fully saturated rings. The Balaban J connectivity index is 1.88. The van der Waals surface area contributed by atoms with E-state index < -0.39 is 15.9 Å². The van der Waals surface area contributed by atoms with Gasteiger partial charge < -0.3 is 10.3 Å². The topological polar surface area (TPSA) is 99.3 Å². The first-order chi connectivity index (χ1) is 11.4. The van der Waals surface area contributed by atoms with E-state index in [-0.39, 0.29) is 21.9 Å². The van der Waals surface area contributed by atoms with E-state index >= 15 is 0 Å². The van der Waals surface area contributed by atoms with Crippen LogP contribution in [-0.4, -0.2) is 31.6 Å². The van der Waals surface area contributed by atoms with E-state index in [1.165, 1.54) is 34.8 Å². The Kier molecular flexibility index (Phi) is 4.33. The molecule has 1 aliphatic heterocycles. The molecule has 0 aliphatic carbocycles. The molecule has 0 radical (unpaired) electrons. The van der Waals surface area contributed by atoms with Crippen molar-refractivity contribution in [3.05, 3.63) is 57.5 Å². The van der Waals surface area contributed by atoms with Crippen molar-refractivity contribution in [3.63, 3.8) is 0 Å². The first-order valence-corrected chi connectivity index (χ1v) is 9.15. The maximum atomic E-state index is 12.2. The minimum atomic E-state index is -3.32. The Bertz CT molecular complexity index is 935. The van der Waals surface area contributed by atoms with Gasteiger partial charge in [-0.25, -0.2) is 8.42 Å². The van der Waals surface area contributed by atoms with Crippen LogP contribution in [0.4, 0.5) is 11.4 Å². The van der Waals surface area contributed by atoms with Crippen molar-refractivity contribution in [2.45, 2.75) is 6.42 Å². The first kappa shape index (κ1) is 16.5. The lowest BCUT2D eigenvalue weighted by molar-refractivity contribution is 0.102. The summed E-state index contributed by atoms with van der Waals surface area (Å²) in [6, 6.07) is 7.28. The number of anilines is 2. The Hall–Kier alpha value is -2.32. The summed E-state index contributed by atoms with van der Waals surface area (Å²) in [4.78, 5) is 25.7. The van der Waals surface area contributed by atoms with Crippen LogP contribution in [0.5, 0.6) is 0 Å². The third-order valence-electron chi connectivity index (χ3n) is 3.63. The smallest absolute Gasteiger partial charge is 0.257 e. The van der Waals surface area contributed by atoms with Crippen LogP contribution in [0.3, 0.4) is 0 Å². The Morgan fingerprint density at radius 3 is 2.67 bits per heavy atom. The van der Waals surface area contributed by atoms with Gasteiger partial charge in [-0.2, -0.15) is 0 Å². The molecule has 126 valence electrons. The van der Waals surface area contributed by atoms with E-state index in [1.807, 2.05) is 0 Å². The molecule has 1 amide bonds. The van der Waals surface area contributed by atoms with Crippen molar-refractivity contribution >= 4 is 38.9 Å². The molecule has 7 nitrogen and oxygen atoms in total. The van der Waals surface area contributed by atoms with Gasteiger partial charge in [-0.05, 0) is 30.7 Å². The molecule has 1 aromatic carbocycles. The molecule has 0 atom stereocenters. The summed E-state index contributed by atoms with van der Waals surface area (Å²) >= 11 is 6.09. The fourth-order valence-electron chi connectivity index (χ4n) is 2.44. The number of amides is 1. The number of pyridine rings is 1. The number of nitrogens with one attached hydrogen (secondary N) is 2. The fraction of sp³-hybridized carbons (Fsp3) is 0.200. The second kappa shape index (κ2) is 6.29. The largest absolute Gasteiger partial charge is 0.328 e. The molecule has 9 heteroatoms. The summed E-state index contributed by atoms with van der Waals surface area (Å²) in [5.41, 5.74) is 0.691. The second-order valence-corrected chi connectivity index (χ2v) is 7.72. The van der Waals surface area contributed by atoms with Crippen LogP contribution in [0, 0.1) is 0 Å². The van der Waals surface area contributed by atoms with Gasteiger partial charge in [0, 0.05) is 18.8 Å². The molecule has 1 aromatic heterocycles. The van der Waals surface area contributed by atoms with Crippen LogP contribution in [0.15, 0.2) is 41.3 Å². The standard InChI is InChI=1S/C15H14ClN3O4S/c16-12-4-3-11(19-6-1-7-24(19,22)23)8-13(12)18-15(21)10-2-5-14(20)17-9-10/h2-5,8-9H,1,6-7H2,(H,17,20)(H,18,21). The van der Waals surface area contributed by atoms with Gasteiger partial charge in [-0.15, -0.1) is 0 Å². The molecular weight excluding hydrogens is 354 g/mol. The third kappa shape index (κ3) is 3.29. The molecule has 2 N–H and O–H groups in total. The van der Waals surface area contributed by atoms with E-state index in [0.29, 0.717) is 24.3 Å². The molecule has 0 unspecified atom stereocenters. The zero-order chi connectivity index (χ0) is 17.3. The summed E-state index contributed by atoms with van der Waals surface area (Å²) in [6.07, 6.45) is 1.85. The highest BCUT2D eigenvalue weighted by Crippen LogP contribution is 2.31. The zero-order valence-electron chi connectivity index (χ0n) is 12.5. The quantitative estimate of drug-likeness (QED) is 0.864. The Labute approximate surface area is 143 Å². The molecule has 1 aliphatic rings. The van der Waals surface area contributed by atoms with Crippen molar-refractivity contribution in [1.82, 2.24) is 4.98 Å². The number of carbonyl (C=O) groups is 1. The van der Waals surface area contributed by atoms with Gasteiger partial charge in [-0.3, -0.25) is 13.9 Å². The first-order valence-electron chi connectivity index (χ1n) is 7.17. The number of H-pyrrole nitrogens is 1. The Morgan fingerprint density at radius 1 is 1.25 bits per heavy atom. The van der Waals surface area contributed by atoms with E-state index in [0.717, 1.165) is 0 Å². The second-order valence-electron chi connectivity index (χ2n) is 5.30. The van der Waals surface area contributed by atoms with Gasteiger partial charge >= 0.3 is 0 Å². The van der Waals surface area contributed by atoms with Crippen molar-refractivity contribution < 1.29 is 13.2 Å². The van der Waals surface area contributed by atoms with Gasteiger partial charge in [0.25, 0.3) is 5.91 Å². The molecule has 2 aromatic rings. The summed E-state index contributed by atoms with van der Waals surface area (Å²) in [5.74, 6) is -0.358. The molecule has 2 heterocycles. The van der Waals surface area contributed by atoms with Gasteiger partial charge in [0.05, 0.1) is 27.7 Å². The molecule has 0 saturated carbocycles. The van der Waals surface area contributed by atoms with Crippen LogP contribution in [-0.2, 0) is 10.0 Å². The highest BCUT2D eigenvalue weighted by molar-refractivity contribution is 7.93. The predicted octanol–water partition coefficient (Wildman–Crippen LogP) is 1.82. The lowest BCUT2D eigenvalue weighted by Crippen LogP contribution is -2.25. The van der Waals surface area contributed by atoms with Gasteiger partial charge in [0.1, 0.15) is 0 Å². The van der Waals surface area contributed by atoms with E-state index in [1.54, 1.807) is 6.07 Å². The number of aromatic amines is 1. The van der Waals surface area contributed by atoms with Gasteiger partial charge in [0.2, 0.25) is 15.6 Å². The lowest BCUT2D eigenvalue weighted by Gasteiger charge is -2.18. The average molecular weight is 368 g/mol. The molecular formula is C15H14ClN3O4S. The predicted molar refractivity (Wildman–Crippen MR) is 92.2 cm³/mol. The van der Waals surface area contributed by atoms with E-state index in [9.17, 15) is 18.0 Å². The number of sulfonamides is 1. The van der Waals surface area contributed by atoms with Gasteiger partial charge in [-0.1, -0.05) is 11.6 Å². The molecule has 3 rings (SSSR count). The summed E-state index contributed by atoms with van der Waals surface area (Å²) in [6.45, 7) is 0.400. The van der Waals surface area contributed by atoms with Crippen molar-refractivity contribution in [2.75, 3.05) is 21.9 Å². The summed E-state index contributed by atoms with van der Waals surface area (Å²) in [7, 11) is -3.32. The molecule has 24 heavy (non-hydrogen) atoms. The lowest BCUT2D eigenvalue weighted by atomic mass is 10.2. The molecule has 1 saturated heterocycles. The number of carbonyl (C=O) groups excluding carboxylic acids is 1. The molecule has 0 spiro atoms. The number of nitrogens with zero attached hydrogens (tertiary/aromatic N) is 1. The highest BCUT2D eigenvalue weighted by Gasteiger charge is 2.28. The van der Waals surface area contributed by atoms with Crippen molar-refractivity contribution in [1.29, 1.82) is 0 Å². The van der Waals surface area contributed by atoms with Crippen molar-refractivity contribution in [2.24, 2.45) is 0 Å². The fourth-order valence-corrected chi connectivity index (χ4v) is 4.16. The Morgan fingerprint density at radius 2 is 2.04 bits per heavy atom. The van der Waals surface area contributed by atoms with Gasteiger partial charge in [0.15, 0.2) is 0 Å². The number of halogens is 1. The summed E-state index contributed by atoms with van der Waals surface area (Å²) < 4.78 is 25.3. The van der Waals surface area contributed by atoms with E-state index in [2.05, 4.69) is 10.3 Å². The van der Waals surface area contributed by atoms with Crippen molar-refractivity contribution in [3.8, 4) is 0 Å². The highest BCUT2D eigenvalue weighted by atomic mass is 35.5. The minimum Gasteiger partial charge on any atom is -0.328 e. The average Bonchev–Trinajstić information content (AvgIpc) is 2.89. The van der Waals surface area contributed by atoms with Crippen LogP contribution in [0.2, 0.25) is 5.02 Å². The van der Waals surface area contributed by atoms with Crippen LogP contribution in [0.25, 0.3) is 0 Å². The molecule has 0 bridgehead atoms. The SMILES string of the molecule is O=C(Nc1cc(N2CCCS2(=O)=O)ccc1Cl)c1ccc(=O)[nH]c1. The maximum absolute atomic E-state index is 12.2. The summed E-state index contributed by atoms with van der Waals surface area (Å²) in [5, 5.41) is 2.91. The monoisotopic (exact) mass is 367 g/mol. The number of hydrogen-bond donors (Lipinski definition) is 2. The zero-order valence-corrected chi connectivity index (χ0v) is 14.0. The maximum Gasteiger partial charge on any atom is 0.257 e. The van der Waals surface area contributed by atoms with E-state index in [4.69, 9.17) is 11.6 Å². The number of aromatic nitrogens is 1. The number of benzene rings is 1. The number of rotatable bonds is 3. The van der Waals surface area contributed by atoms with Crippen LogP contribution in [0.1, 0.15) is 16.8 Å². The third-order valence-corrected chi connectivity index (χ3v) is 5.83.